The molecule has 1 rings (SSSR count). The number of nitrogens with one attached hydrogen (secondary N) is 1. The largest absolute Gasteiger partial charge is 0.310 e. The van der Waals surface area contributed by atoms with Crippen molar-refractivity contribution in [3.63, 3.8) is 0 Å². The second-order valence-electron chi connectivity index (χ2n) is 4.73. The van der Waals surface area contributed by atoms with Gasteiger partial charge < -0.3 is 5.32 Å². The van der Waals surface area contributed by atoms with Gasteiger partial charge in [0.15, 0.2) is 0 Å². The first-order valence-corrected chi connectivity index (χ1v) is 6.93. The van der Waals surface area contributed by atoms with E-state index in [-0.39, 0.29) is 0 Å². The lowest BCUT2D eigenvalue weighted by Gasteiger charge is -2.20. The standard InChI is InChI=1S/C15H26N2/c1-4-6-7-8-15(17-10-5-2)14-12-16-11-9-13(14)3/h9,11-12,15,17H,4-8,10H2,1-3H3. The van der Waals surface area contributed by atoms with Crippen LogP contribution in [0.5, 0.6) is 0 Å². The van der Waals surface area contributed by atoms with Gasteiger partial charge in [0.1, 0.15) is 0 Å². The molecule has 0 fully saturated rings. The van der Waals surface area contributed by atoms with E-state index < -0.39 is 0 Å². The Kier molecular flexibility index (Phi) is 6.87. The van der Waals surface area contributed by atoms with Gasteiger partial charge in [0.2, 0.25) is 0 Å². The van der Waals surface area contributed by atoms with Crippen LogP contribution in [0.3, 0.4) is 0 Å². The fraction of sp³-hybridized carbons (Fsp3) is 0.667. The van der Waals surface area contributed by atoms with Crippen molar-refractivity contribution in [3.05, 3.63) is 29.6 Å². The van der Waals surface area contributed by atoms with Crippen molar-refractivity contribution in [2.75, 3.05) is 6.54 Å². The van der Waals surface area contributed by atoms with E-state index in [2.05, 4.69) is 37.1 Å². The Balaban J connectivity index is 2.64. The Morgan fingerprint density at radius 2 is 2.06 bits per heavy atom. The van der Waals surface area contributed by atoms with Gasteiger partial charge in [-0.15, -0.1) is 0 Å². The molecule has 1 aromatic rings. The van der Waals surface area contributed by atoms with E-state index in [1.165, 1.54) is 43.2 Å². The number of pyridine rings is 1. The number of rotatable bonds is 8. The predicted octanol–water partition coefficient (Wildman–Crippen LogP) is 4.01. The molecule has 96 valence electrons. The van der Waals surface area contributed by atoms with Crippen molar-refractivity contribution in [1.29, 1.82) is 0 Å². The summed E-state index contributed by atoms with van der Waals surface area (Å²) < 4.78 is 0. The Bertz CT molecular complexity index is 310. The van der Waals surface area contributed by atoms with Crippen LogP contribution in [-0.2, 0) is 0 Å². The Morgan fingerprint density at radius 1 is 1.24 bits per heavy atom. The van der Waals surface area contributed by atoms with E-state index in [1.54, 1.807) is 0 Å². The summed E-state index contributed by atoms with van der Waals surface area (Å²) >= 11 is 0. The van der Waals surface area contributed by atoms with Crippen LogP contribution in [0.4, 0.5) is 0 Å². The minimum absolute atomic E-state index is 0.482. The fourth-order valence-corrected chi connectivity index (χ4v) is 2.13. The molecular weight excluding hydrogens is 208 g/mol. The molecule has 0 aliphatic rings. The Hall–Kier alpha value is -0.890. The summed E-state index contributed by atoms with van der Waals surface area (Å²) in [4.78, 5) is 4.26. The summed E-state index contributed by atoms with van der Waals surface area (Å²) in [6, 6.07) is 2.59. The zero-order valence-electron chi connectivity index (χ0n) is 11.5. The number of aromatic nitrogens is 1. The highest BCUT2D eigenvalue weighted by Crippen LogP contribution is 2.22. The second kappa shape index (κ2) is 8.24. The lowest BCUT2D eigenvalue weighted by Crippen LogP contribution is -2.23. The zero-order valence-corrected chi connectivity index (χ0v) is 11.5. The molecule has 0 amide bonds. The van der Waals surface area contributed by atoms with Crippen molar-refractivity contribution in [2.45, 2.75) is 58.9 Å². The molecule has 17 heavy (non-hydrogen) atoms. The average molecular weight is 234 g/mol. The predicted molar refractivity (Wildman–Crippen MR) is 74.2 cm³/mol. The molecule has 0 aliphatic carbocycles. The number of hydrogen-bond donors (Lipinski definition) is 1. The molecule has 2 nitrogen and oxygen atoms in total. The summed E-state index contributed by atoms with van der Waals surface area (Å²) in [6.45, 7) is 7.73. The zero-order chi connectivity index (χ0) is 12.5. The SMILES string of the molecule is CCCCCC(NCCC)c1cnccc1C. The maximum absolute atomic E-state index is 4.26. The second-order valence-corrected chi connectivity index (χ2v) is 4.73. The first-order chi connectivity index (χ1) is 8.29. The smallest absolute Gasteiger partial charge is 0.0338 e. The summed E-state index contributed by atoms with van der Waals surface area (Å²) in [6.07, 6.45) is 10.2. The number of hydrogen-bond acceptors (Lipinski definition) is 2. The molecule has 1 unspecified atom stereocenters. The van der Waals surface area contributed by atoms with Crippen LogP contribution in [0, 0.1) is 6.92 Å². The number of unbranched alkanes of at least 4 members (excludes halogenated alkanes) is 2. The monoisotopic (exact) mass is 234 g/mol. The number of nitrogens with zero attached hydrogens (tertiary/aromatic N) is 1. The van der Waals surface area contributed by atoms with Crippen LogP contribution >= 0.6 is 0 Å². The molecule has 0 saturated heterocycles. The molecular formula is C15H26N2. The molecule has 0 radical (unpaired) electrons. The van der Waals surface area contributed by atoms with Crippen LogP contribution in [-0.4, -0.2) is 11.5 Å². The minimum Gasteiger partial charge on any atom is -0.310 e. The van der Waals surface area contributed by atoms with E-state index in [0.717, 1.165) is 6.54 Å². The van der Waals surface area contributed by atoms with Crippen LogP contribution in [0.25, 0.3) is 0 Å². The molecule has 0 aromatic carbocycles. The van der Waals surface area contributed by atoms with Gasteiger partial charge in [-0.25, -0.2) is 0 Å². The maximum atomic E-state index is 4.26. The van der Waals surface area contributed by atoms with Crippen molar-refractivity contribution in [3.8, 4) is 0 Å². The summed E-state index contributed by atoms with van der Waals surface area (Å²) in [7, 11) is 0. The topological polar surface area (TPSA) is 24.9 Å². The molecule has 0 saturated carbocycles. The van der Waals surface area contributed by atoms with Crippen LogP contribution in [0.2, 0.25) is 0 Å². The molecule has 1 N–H and O–H groups in total. The third-order valence-electron chi connectivity index (χ3n) is 3.19. The van der Waals surface area contributed by atoms with Crippen molar-refractivity contribution >= 4 is 0 Å². The summed E-state index contributed by atoms with van der Waals surface area (Å²) in [5.74, 6) is 0. The fourth-order valence-electron chi connectivity index (χ4n) is 2.13. The highest BCUT2D eigenvalue weighted by atomic mass is 14.9. The van der Waals surface area contributed by atoms with Crippen molar-refractivity contribution in [2.24, 2.45) is 0 Å². The third-order valence-corrected chi connectivity index (χ3v) is 3.19. The summed E-state index contributed by atoms with van der Waals surface area (Å²) in [5, 5.41) is 3.65. The van der Waals surface area contributed by atoms with Gasteiger partial charge in [-0.3, -0.25) is 4.98 Å². The van der Waals surface area contributed by atoms with E-state index in [1.807, 2.05) is 12.4 Å². The van der Waals surface area contributed by atoms with E-state index in [0.29, 0.717) is 6.04 Å². The molecule has 2 heteroatoms. The van der Waals surface area contributed by atoms with Crippen molar-refractivity contribution in [1.82, 2.24) is 10.3 Å². The normalized spacial score (nSPS) is 12.6. The van der Waals surface area contributed by atoms with Gasteiger partial charge in [0.05, 0.1) is 0 Å². The Labute approximate surface area is 106 Å². The highest BCUT2D eigenvalue weighted by Gasteiger charge is 2.12. The molecule has 1 aromatic heterocycles. The van der Waals surface area contributed by atoms with Gasteiger partial charge in [-0.05, 0) is 43.5 Å². The van der Waals surface area contributed by atoms with Gasteiger partial charge >= 0.3 is 0 Å². The Morgan fingerprint density at radius 3 is 2.71 bits per heavy atom. The van der Waals surface area contributed by atoms with Crippen LogP contribution < -0.4 is 5.32 Å². The highest BCUT2D eigenvalue weighted by molar-refractivity contribution is 5.24. The minimum atomic E-state index is 0.482. The van der Waals surface area contributed by atoms with Crippen LogP contribution in [0.1, 0.15) is 63.1 Å². The molecule has 1 heterocycles. The first kappa shape index (κ1) is 14.2. The third kappa shape index (κ3) is 4.86. The van der Waals surface area contributed by atoms with Gasteiger partial charge in [0, 0.05) is 18.4 Å². The maximum Gasteiger partial charge on any atom is 0.0338 e. The quantitative estimate of drug-likeness (QED) is 0.687. The van der Waals surface area contributed by atoms with Crippen LogP contribution in [0.15, 0.2) is 18.5 Å². The van der Waals surface area contributed by atoms with Gasteiger partial charge in [0.25, 0.3) is 0 Å². The molecule has 1 atom stereocenters. The lowest BCUT2D eigenvalue weighted by atomic mass is 9.98. The van der Waals surface area contributed by atoms with Gasteiger partial charge in [-0.2, -0.15) is 0 Å². The van der Waals surface area contributed by atoms with E-state index in [4.69, 9.17) is 0 Å². The first-order valence-electron chi connectivity index (χ1n) is 6.93. The summed E-state index contributed by atoms with van der Waals surface area (Å²) in [5.41, 5.74) is 2.72. The van der Waals surface area contributed by atoms with E-state index in [9.17, 15) is 0 Å². The average Bonchev–Trinajstić information content (AvgIpc) is 2.35. The molecule has 0 spiro atoms. The van der Waals surface area contributed by atoms with Gasteiger partial charge in [-0.1, -0.05) is 33.1 Å². The lowest BCUT2D eigenvalue weighted by molar-refractivity contribution is 0.472. The molecule has 0 aliphatic heterocycles. The number of aryl methyl sites for hydroxylation is 1. The molecule has 0 bridgehead atoms. The van der Waals surface area contributed by atoms with E-state index >= 15 is 0 Å². The van der Waals surface area contributed by atoms with Crippen molar-refractivity contribution < 1.29 is 0 Å².